The zero-order valence-electron chi connectivity index (χ0n) is 21.1. The standard InChI is InChI=1S/C26H28O15/c27-8-26(36)9-38-25(23(26)35)37-7-18-20(32)21(33)22(34)24(41-18)39-11-4-14(30)19-15(31)6-16(40-17(19)5-11)10-1-2-12(28)13(29)3-10/h1-6,18,20-25,27-30,32-36H,7-9H2/t18?,20-,21?,22?,23-,24-,25?,26+/m0/s1. The van der Waals surface area contributed by atoms with Gasteiger partial charge in [-0.3, -0.25) is 4.79 Å². The number of phenolic OH excluding ortho intramolecular Hbond substituents is 3. The molecule has 2 fully saturated rings. The Bertz CT molecular complexity index is 1470. The Hall–Kier alpha value is -3.51. The van der Waals surface area contributed by atoms with E-state index < -0.39 is 85.4 Å². The van der Waals surface area contributed by atoms with Gasteiger partial charge >= 0.3 is 0 Å². The van der Waals surface area contributed by atoms with Gasteiger partial charge in [-0.1, -0.05) is 0 Å². The van der Waals surface area contributed by atoms with Crippen molar-refractivity contribution in [3.05, 3.63) is 46.6 Å². The molecule has 9 N–H and O–H groups in total. The van der Waals surface area contributed by atoms with Crippen LogP contribution in [0.3, 0.4) is 0 Å². The van der Waals surface area contributed by atoms with Gasteiger partial charge in [0, 0.05) is 23.8 Å². The van der Waals surface area contributed by atoms with Crippen LogP contribution in [0.2, 0.25) is 0 Å². The van der Waals surface area contributed by atoms with Crippen molar-refractivity contribution in [1.29, 1.82) is 0 Å². The summed E-state index contributed by atoms with van der Waals surface area (Å²) in [4.78, 5) is 12.7. The molecule has 2 aliphatic heterocycles. The molecule has 8 atom stereocenters. The summed E-state index contributed by atoms with van der Waals surface area (Å²) in [5, 5.41) is 90.4. The Morgan fingerprint density at radius 2 is 1.66 bits per heavy atom. The summed E-state index contributed by atoms with van der Waals surface area (Å²) >= 11 is 0. The summed E-state index contributed by atoms with van der Waals surface area (Å²) < 4.78 is 27.4. The number of rotatable bonds is 7. The van der Waals surface area contributed by atoms with Crippen LogP contribution in [0, 0.1) is 0 Å². The first kappa shape index (κ1) is 29.0. The highest BCUT2D eigenvalue weighted by molar-refractivity contribution is 5.86. The van der Waals surface area contributed by atoms with Crippen molar-refractivity contribution in [3.8, 4) is 34.3 Å². The van der Waals surface area contributed by atoms with Gasteiger partial charge in [0.1, 0.15) is 64.3 Å². The SMILES string of the molecule is O=c1cc(-c2ccc(O)c(O)c2)oc2cc(O[C@H]3OC(COC4OC[C@](O)(CO)[C@H]4O)[C@H](O)C(O)C3O)cc(O)c12. The number of benzene rings is 2. The van der Waals surface area contributed by atoms with E-state index in [0.717, 1.165) is 12.1 Å². The molecule has 2 aromatic carbocycles. The Labute approximate surface area is 230 Å². The average Bonchev–Trinajstić information content (AvgIpc) is 3.23. The molecule has 0 amide bonds. The first-order chi connectivity index (χ1) is 19.4. The quantitative estimate of drug-likeness (QED) is 0.140. The van der Waals surface area contributed by atoms with Crippen molar-refractivity contribution in [1.82, 2.24) is 0 Å². The van der Waals surface area contributed by atoms with Crippen LogP contribution in [0.4, 0.5) is 0 Å². The van der Waals surface area contributed by atoms with E-state index in [1.807, 2.05) is 0 Å². The van der Waals surface area contributed by atoms with Crippen LogP contribution in [0.15, 0.2) is 45.6 Å². The lowest BCUT2D eigenvalue weighted by Gasteiger charge is -2.40. The summed E-state index contributed by atoms with van der Waals surface area (Å²) in [5.41, 5.74) is -2.49. The molecular weight excluding hydrogens is 552 g/mol. The largest absolute Gasteiger partial charge is 0.507 e. The average molecular weight is 580 g/mol. The van der Waals surface area contributed by atoms with Crippen LogP contribution >= 0.6 is 0 Å². The first-order valence-electron chi connectivity index (χ1n) is 12.4. The molecule has 1 aromatic heterocycles. The number of phenols is 3. The smallest absolute Gasteiger partial charge is 0.229 e. The fraction of sp³-hybridized carbons (Fsp3) is 0.423. The molecule has 2 aliphatic rings. The predicted octanol–water partition coefficient (Wildman–Crippen LogP) is -1.78. The summed E-state index contributed by atoms with van der Waals surface area (Å²) in [6.07, 6.45) is -11.2. The van der Waals surface area contributed by atoms with E-state index in [2.05, 4.69) is 0 Å². The molecular formula is C26H28O15. The Morgan fingerprint density at radius 3 is 2.34 bits per heavy atom. The second-order valence-corrected chi connectivity index (χ2v) is 9.85. The Kier molecular flexibility index (Phi) is 7.82. The molecule has 4 unspecified atom stereocenters. The van der Waals surface area contributed by atoms with Gasteiger partial charge in [0.25, 0.3) is 0 Å². The van der Waals surface area contributed by atoms with Crippen molar-refractivity contribution in [2.75, 3.05) is 19.8 Å². The number of hydrogen-bond acceptors (Lipinski definition) is 15. The maximum absolute atomic E-state index is 12.7. The minimum absolute atomic E-state index is 0.0107. The minimum atomic E-state index is -1.95. The van der Waals surface area contributed by atoms with E-state index >= 15 is 0 Å². The van der Waals surface area contributed by atoms with Gasteiger partial charge in [-0.2, -0.15) is 0 Å². The van der Waals surface area contributed by atoms with Crippen LogP contribution in [-0.2, 0) is 14.2 Å². The third-order valence-corrected chi connectivity index (χ3v) is 6.97. The van der Waals surface area contributed by atoms with Gasteiger partial charge in [-0.05, 0) is 18.2 Å². The lowest BCUT2D eigenvalue weighted by molar-refractivity contribution is -0.289. The molecule has 3 heterocycles. The van der Waals surface area contributed by atoms with Gasteiger partial charge in [-0.15, -0.1) is 0 Å². The fourth-order valence-corrected chi connectivity index (χ4v) is 4.54. The second-order valence-electron chi connectivity index (χ2n) is 9.85. The topological polar surface area (TPSA) is 249 Å². The molecule has 0 saturated carbocycles. The van der Waals surface area contributed by atoms with Gasteiger partial charge in [0.2, 0.25) is 6.29 Å². The third kappa shape index (κ3) is 5.42. The van der Waals surface area contributed by atoms with E-state index in [0.29, 0.717) is 0 Å². The number of aliphatic hydroxyl groups is 6. The molecule has 0 spiro atoms. The van der Waals surface area contributed by atoms with E-state index in [1.54, 1.807) is 0 Å². The highest BCUT2D eigenvalue weighted by Crippen LogP contribution is 2.35. The number of hydrogen-bond donors (Lipinski definition) is 9. The third-order valence-electron chi connectivity index (χ3n) is 6.97. The predicted molar refractivity (Wildman–Crippen MR) is 134 cm³/mol. The van der Waals surface area contributed by atoms with Crippen LogP contribution in [0.1, 0.15) is 0 Å². The van der Waals surface area contributed by atoms with Gasteiger partial charge in [-0.25, -0.2) is 0 Å². The molecule has 222 valence electrons. The molecule has 3 aromatic rings. The normalized spacial score (nSPS) is 31.9. The number of fused-ring (bicyclic) bond motifs is 1. The van der Waals surface area contributed by atoms with E-state index in [9.17, 15) is 50.8 Å². The lowest BCUT2D eigenvalue weighted by atomic mass is 9.99. The Morgan fingerprint density at radius 1 is 0.902 bits per heavy atom. The lowest BCUT2D eigenvalue weighted by Crippen LogP contribution is -2.60. The highest BCUT2D eigenvalue weighted by atomic mass is 16.7. The van der Waals surface area contributed by atoms with Crippen LogP contribution in [0.5, 0.6) is 23.0 Å². The summed E-state index contributed by atoms with van der Waals surface area (Å²) in [6.45, 7) is -1.72. The zero-order valence-corrected chi connectivity index (χ0v) is 21.1. The molecule has 15 heteroatoms. The van der Waals surface area contributed by atoms with Gasteiger partial charge in [0.05, 0.1) is 19.8 Å². The maximum atomic E-state index is 12.7. The van der Waals surface area contributed by atoms with Crippen molar-refractivity contribution in [2.24, 2.45) is 0 Å². The number of ether oxygens (including phenoxy) is 4. The van der Waals surface area contributed by atoms with Crippen LogP contribution in [-0.4, -0.2) is 114 Å². The molecule has 5 rings (SSSR count). The van der Waals surface area contributed by atoms with Crippen LogP contribution < -0.4 is 10.2 Å². The molecule has 0 bridgehead atoms. The molecule has 0 radical (unpaired) electrons. The van der Waals surface area contributed by atoms with Crippen molar-refractivity contribution in [2.45, 2.75) is 48.7 Å². The van der Waals surface area contributed by atoms with E-state index in [4.69, 9.17) is 23.4 Å². The minimum Gasteiger partial charge on any atom is -0.507 e. The summed E-state index contributed by atoms with van der Waals surface area (Å²) in [6, 6.07) is 7.08. The fourth-order valence-electron chi connectivity index (χ4n) is 4.54. The molecule has 0 aliphatic carbocycles. The van der Waals surface area contributed by atoms with E-state index in [1.165, 1.54) is 24.3 Å². The second kappa shape index (κ2) is 11.1. The van der Waals surface area contributed by atoms with Crippen molar-refractivity contribution < 1.29 is 69.3 Å². The van der Waals surface area contributed by atoms with Crippen molar-refractivity contribution in [3.63, 3.8) is 0 Å². The molecule has 15 nitrogen and oxygen atoms in total. The number of aliphatic hydroxyl groups excluding tert-OH is 5. The van der Waals surface area contributed by atoms with E-state index in [-0.39, 0.29) is 33.8 Å². The van der Waals surface area contributed by atoms with Gasteiger partial charge < -0.3 is 69.3 Å². The van der Waals surface area contributed by atoms with Gasteiger partial charge in [0.15, 0.2) is 23.2 Å². The maximum Gasteiger partial charge on any atom is 0.229 e. The Balaban J connectivity index is 1.36. The molecule has 41 heavy (non-hydrogen) atoms. The highest BCUT2D eigenvalue weighted by Gasteiger charge is 2.50. The van der Waals surface area contributed by atoms with Crippen LogP contribution in [0.25, 0.3) is 22.3 Å². The zero-order chi connectivity index (χ0) is 29.6. The van der Waals surface area contributed by atoms with Crippen molar-refractivity contribution >= 4 is 11.0 Å². The first-order valence-corrected chi connectivity index (χ1v) is 12.4. The molecule has 2 saturated heterocycles. The summed E-state index contributed by atoms with van der Waals surface area (Å²) in [5.74, 6) is -1.56. The monoisotopic (exact) mass is 580 g/mol. The number of aromatic hydroxyl groups is 3. The summed E-state index contributed by atoms with van der Waals surface area (Å²) in [7, 11) is 0.